The first-order valence-electron chi connectivity index (χ1n) is 7.05. The first-order chi connectivity index (χ1) is 9.37. The molecule has 1 rings (SSSR count). The van der Waals surface area contributed by atoms with E-state index in [-0.39, 0.29) is 5.54 Å². The number of ether oxygens (including phenoxy) is 2. The van der Waals surface area contributed by atoms with Crippen LogP contribution < -0.4 is 14.8 Å². The molecule has 0 atom stereocenters. The van der Waals surface area contributed by atoms with E-state index >= 15 is 0 Å². The van der Waals surface area contributed by atoms with E-state index in [2.05, 4.69) is 39.1 Å². The van der Waals surface area contributed by atoms with Crippen LogP contribution >= 0.6 is 0 Å². The van der Waals surface area contributed by atoms with Crippen LogP contribution in [0.25, 0.3) is 6.08 Å². The van der Waals surface area contributed by atoms with Crippen LogP contribution in [0.3, 0.4) is 0 Å². The van der Waals surface area contributed by atoms with Crippen molar-refractivity contribution in [1.29, 1.82) is 0 Å². The van der Waals surface area contributed by atoms with Gasteiger partial charge in [-0.2, -0.15) is 0 Å². The largest absolute Gasteiger partial charge is 0.497 e. The fourth-order valence-electron chi connectivity index (χ4n) is 1.81. The Kier molecular flexibility index (Phi) is 6.08. The third-order valence-electron chi connectivity index (χ3n) is 3.04. The molecule has 0 amide bonds. The maximum Gasteiger partial charge on any atom is 0.123 e. The molecule has 1 N–H and O–H groups in total. The summed E-state index contributed by atoms with van der Waals surface area (Å²) in [5, 5.41) is 3.52. The van der Waals surface area contributed by atoms with Gasteiger partial charge in [0.25, 0.3) is 0 Å². The average molecular weight is 277 g/mol. The van der Waals surface area contributed by atoms with Gasteiger partial charge in [-0.1, -0.05) is 18.6 Å². The molecule has 0 spiro atoms. The third-order valence-corrected chi connectivity index (χ3v) is 3.04. The molecule has 0 unspecified atom stereocenters. The van der Waals surface area contributed by atoms with Crippen LogP contribution in [-0.4, -0.2) is 26.3 Å². The van der Waals surface area contributed by atoms with E-state index in [4.69, 9.17) is 9.47 Å². The van der Waals surface area contributed by atoms with Crippen LogP contribution in [0.5, 0.6) is 11.5 Å². The van der Waals surface area contributed by atoms with Crippen molar-refractivity contribution in [2.75, 3.05) is 20.8 Å². The summed E-state index contributed by atoms with van der Waals surface area (Å²) in [5.41, 5.74) is 2.59. The van der Waals surface area contributed by atoms with E-state index in [9.17, 15) is 0 Å². The number of methoxy groups -OCH3 is 2. The fraction of sp³-hybridized carbons (Fsp3) is 0.529. The summed E-state index contributed by atoms with van der Waals surface area (Å²) < 4.78 is 10.6. The van der Waals surface area contributed by atoms with Gasteiger partial charge in [0.05, 0.1) is 14.2 Å². The topological polar surface area (TPSA) is 30.5 Å². The van der Waals surface area contributed by atoms with Gasteiger partial charge in [0, 0.05) is 18.2 Å². The smallest absolute Gasteiger partial charge is 0.123 e. The van der Waals surface area contributed by atoms with E-state index in [0.717, 1.165) is 30.0 Å². The second kappa shape index (κ2) is 7.34. The molecule has 0 aromatic heterocycles. The SMILES string of the molecule is CCC(=Cc1cc(OC)cc(OC)c1)CNC(C)(C)C. The maximum absolute atomic E-state index is 5.30. The highest BCUT2D eigenvalue weighted by molar-refractivity contribution is 5.58. The molecule has 0 aliphatic rings. The summed E-state index contributed by atoms with van der Waals surface area (Å²) in [7, 11) is 3.34. The average Bonchev–Trinajstić information content (AvgIpc) is 2.41. The Balaban J connectivity index is 2.93. The van der Waals surface area contributed by atoms with E-state index in [1.807, 2.05) is 18.2 Å². The van der Waals surface area contributed by atoms with Gasteiger partial charge < -0.3 is 14.8 Å². The van der Waals surface area contributed by atoms with Gasteiger partial charge in [-0.25, -0.2) is 0 Å². The van der Waals surface area contributed by atoms with Crippen LogP contribution in [0.2, 0.25) is 0 Å². The van der Waals surface area contributed by atoms with Gasteiger partial charge in [0.15, 0.2) is 0 Å². The Bertz CT molecular complexity index is 436. The van der Waals surface area contributed by atoms with Crippen molar-refractivity contribution in [2.24, 2.45) is 0 Å². The molecule has 0 saturated carbocycles. The van der Waals surface area contributed by atoms with E-state index < -0.39 is 0 Å². The molecule has 1 aromatic carbocycles. The molecule has 0 heterocycles. The van der Waals surface area contributed by atoms with Crippen molar-refractivity contribution in [3.8, 4) is 11.5 Å². The van der Waals surface area contributed by atoms with Gasteiger partial charge in [0.2, 0.25) is 0 Å². The zero-order valence-electron chi connectivity index (χ0n) is 13.5. The molecule has 0 radical (unpaired) electrons. The Morgan fingerprint density at radius 1 is 1.10 bits per heavy atom. The van der Waals surface area contributed by atoms with Crippen LogP contribution in [0, 0.1) is 0 Å². The number of rotatable bonds is 6. The summed E-state index contributed by atoms with van der Waals surface area (Å²) in [6.45, 7) is 9.59. The molecule has 0 aliphatic carbocycles. The summed E-state index contributed by atoms with van der Waals surface area (Å²) in [6, 6.07) is 5.93. The van der Waals surface area contributed by atoms with Crippen LogP contribution in [0.1, 0.15) is 39.7 Å². The molecule has 20 heavy (non-hydrogen) atoms. The van der Waals surface area contributed by atoms with Gasteiger partial charge >= 0.3 is 0 Å². The molecule has 0 fully saturated rings. The molecule has 3 nitrogen and oxygen atoms in total. The van der Waals surface area contributed by atoms with Crippen molar-refractivity contribution in [2.45, 2.75) is 39.7 Å². The highest BCUT2D eigenvalue weighted by atomic mass is 16.5. The third kappa shape index (κ3) is 5.66. The monoisotopic (exact) mass is 277 g/mol. The Morgan fingerprint density at radius 3 is 2.05 bits per heavy atom. The molecular weight excluding hydrogens is 250 g/mol. The van der Waals surface area contributed by atoms with Crippen LogP contribution in [-0.2, 0) is 0 Å². The summed E-state index contributed by atoms with van der Waals surface area (Å²) in [6.07, 6.45) is 3.21. The Labute approximate surface area is 123 Å². The predicted octanol–water partition coefficient (Wildman–Crippen LogP) is 3.89. The van der Waals surface area contributed by atoms with Crippen molar-refractivity contribution >= 4 is 6.08 Å². The molecular formula is C17H27NO2. The van der Waals surface area contributed by atoms with Gasteiger partial charge in [-0.05, 0) is 44.9 Å². The maximum atomic E-state index is 5.30. The first-order valence-corrected chi connectivity index (χ1v) is 7.05. The van der Waals surface area contributed by atoms with Crippen molar-refractivity contribution in [1.82, 2.24) is 5.32 Å². The van der Waals surface area contributed by atoms with Crippen LogP contribution in [0.15, 0.2) is 23.8 Å². The van der Waals surface area contributed by atoms with Crippen molar-refractivity contribution < 1.29 is 9.47 Å². The quantitative estimate of drug-likeness (QED) is 0.856. The van der Waals surface area contributed by atoms with Gasteiger partial charge in [-0.3, -0.25) is 0 Å². The van der Waals surface area contributed by atoms with E-state index in [1.54, 1.807) is 14.2 Å². The first kappa shape index (κ1) is 16.6. The lowest BCUT2D eigenvalue weighted by molar-refractivity contribution is 0.394. The fourth-order valence-corrected chi connectivity index (χ4v) is 1.81. The standard InChI is InChI=1S/C17H27NO2/c1-7-13(12-18-17(2,3)4)8-14-9-15(19-5)11-16(10-14)20-6/h8-11,18H,7,12H2,1-6H3. The predicted molar refractivity (Wildman–Crippen MR) is 85.6 cm³/mol. The highest BCUT2D eigenvalue weighted by Gasteiger charge is 2.09. The molecule has 112 valence electrons. The minimum Gasteiger partial charge on any atom is -0.497 e. The Hall–Kier alpha value is -1.48. The number of hydrogen-bond donors (Lipinski definition) is 1. The lowest BCUT2D eigenvalue weighted by Gasteiger charge is -2.21. The van der Waals surface area contributed by atoms with E-state index in [1.165, 1.54) is 5.57 Å². The molecule has 0 aliphatic heterocycles. The van der Waals surface area contributed by atoms with Gasteiger partial charge in [0.1, 0.15) is 11.5 Å². The summed E-state index contributed by atoms with van der Waals surface area (Å²) >= 11 is 0. The van der Waals surface area contributed by atoms with E-state index in [0.29, 0.717) is 0 Å². The Morgan fingerprint density at radius 2 is 1.65 bits per heavy atom. The number of hydrogen-bond acceptors (Lipinski definition) is 3. The summed E-state index contributed by atoms with van der Waals surface area (Å²) in [4.78, 5) is 0. The zero-order chi connectivity index (χ0) is 15.2. The molecule has 0 bridgehead atoms. The summed E-state index contributed by atoms with van der Waals surface area (Å²) in [5.74, 6) is 1.63. The van der Waals surface area contributed by atoms with Crippen molar-refractivity contribution in [3.63, 3.8) is 0 Å². The second-order valence-corrected chi connectivity index (χ2v) is 5.91. The number of nitrogens with one attached hydrogen (secondary N) is 1. The van der Waals surface area contributed by atoms with Crippen LogP contribution in [0.4, 0.5) is 0 Å². The lowest BCUT2D eigenvalue weighted by atomic mass is 10.1. The number of benzene rings is 1. The van der Waals surface area contributed by atoms with Gasteiger partial charge in [-0.15, -0.1) is 0 Å². The molecule has 0 saturated heterocycles. The highest BCUT2D eigenvalue weighted by Crippen LogP contribution is 2.24. The minimum absolute atomic E-state index is 0.125. The minimum atomic E-state index is 0.125. The van der Waals surface area contributed by atoms with Crippen molar-refractivity contribution in [3.05, 3.63) is 29.3 Å². The lowest BCUT2D eigenvalue weighted by Crippen LogP contribution is -2.36. The zero-order valence-corrected chi connectivity index (χ0v) is 13.5. The normalized spacial score (nSPS) is 12.4. The molecule has 1 aromatic rings. The molecule has 3 heteroatoms. The second-order valence-electron chi connectivity index (χ2n) is 5.91.